The first-order valence-corrected chi connectivity index (χ1v) is 2.58. The van der Waals surface area contributed by atoms with Crippen molar-refractivity contribution in [1.29, 1.82) is 0 Å². The highest BCUT2D eigenvalue weighted by Crippen LogP contribution is 1.88. The first-order chi connectivity index (χ1) is 3.93. The van der Waals surface area contributed by atoms with Crippen molar-refractivity contribution < 1.29 is 5.10 Å². The third-order valence-electron chi connectivity index (χ3n) is 0.965. The second-order valence-corrected chi connectivity index (χ2v) is 1.62. The molecule has 0 aliphatic rings. The topological polar surface area (TPSA) is 29.9 Å². The van der Waals surface area contributed by atoms with Crippen molar-refractivity contribution in [3.63, 3.8) is 0 Å². The number of nitrogens with one attached hydrogen (secondary N) is 2. The molecule has 0 atom stereocenters. The summed E-state index contributed by atoms with van der Waals surface area (Å²) in [5.74, 6) is 0. The van der Waals surface area contributed by atoms with Crippen molar-refractivity contribution in [2.24, 2.45) is 0 Å². The van der Waals surface area contributed by atoms with Gasteiger partial charge in [0.1, 0.15) is 0 Å². The van der Waals surface area contributed by atoms with Crippen LogP contribution in [-0.4, -0.2) is 5.10 Å². The smallest absolute Gasteiger partial charge is 0.172 e. The first-order valence-electron chi connectivity index (χ1n) is 2.58. The van der Waals surface area contributed by atoms with Crippen LogP contribution < -0.4 is 5.10 Å². The Bertz CT molecular complexity index is 153. The molecule has 8 heavy (non-hydrogen) atoms. The van der Waals surface area contributed by atoms with Crippen LogP contribution in [0.3, 0.4) is 0 Å². The first kappa shape index (κ1) is 5.09. The SMILES string of the molecule is C=CCc1cc[nH+][nH]1. The molecule has 2 N–H and O–H groups in total. The van der Waals surface area contributed by atoms with E-state index in [9.17, 15) is 0 Å². The van der Waals surface area contributed by atoms with Crippen molar-refractivity contribution in [1.82, 2.24) is 5.10 Å². The number of hydrogen-bond acceptors (Lipinski definition) is 0. The maximum absolute atomic E-state index is 3.60. The fraction of sp³-hybridized carbons (Fsp3) is 0.167. The Morgan fingerprint density at radius 2 is 2.75 bits per heavy atom. The largest absolute Gasteiger partial charge is 0.193 e. The fourth-order valence-corrected chi connectivity index (χ4v) is 0.593. The Labute approximate surface area is 48.2 Å². The van der Waals surface area contributed by atoms with Gasteiger partial charge in [0.05, 0.1) is 5.69 Å². The van der Waals surface area contributed by atoms with Gasteiger partial charge in [0.15, 0.2) is 6.20 Å². The van der Waals surface area contributed by atoms with Gasteiger partial charge in [0.2, 0.25) is 0 Å². The molecule has 0 saturated heterocycles. The van der Waals surface area contributed by atoms with Crippen LogP contribution in [-0.2, 0) is 6.42 Å². The van der Waals surface area contributed by atoms with Crippen molar-refractivity contribution >= 4 is 0 Å². The molecular weight excluding hydrogens is 100 g/mol. The monoisotopic (exact) mass is 109 g/mol. The lowest BCUT2D eigenvalue weighted by molar-refractivity contribution is -0.449. The number of aromatic amines is 2. The lowest BCUT2D eigenvalue weighted by atomic mass is 10.3. The van der Waals surface area contributed by atoms with E-state index in [-0.39, 0.29) is 0 Å². The van der Waals surface area contributed by atoms with Gasteiger partial charge in [-0.2, -0.15) is 5.10 Å². The van der Waals surface area contributed by atoms with E-state index in [1.165, 1.54) is 5.69 Å². The summed E-state index contributed by atoms with van der Waals surface area (Å²) >= 11 is 0. The Morgan fingerprint density at radius 1 is 1.88 bits per heavy atom. The van der Waals surface area contributed by atoms with Crippen LogP contribution in [0.15, 0.2) is 24.9 Å². The highest BCUT2D eigenvalue weighted by molar-refractivity contribution is 4.98. The summed E-state index contributed by atoms with van der Waals surface area (Å²) in [6.07, 6.45) is 4.63. The predicted octanol–water partition coefficient (Wildman–Crippen LogP) is 0.557. The minimum Gasteiger partial charge on any atom is -0.172 e. The lowest BCUT2D eigenvalue weighted by Gasteiger charge is -1.78. The van der Waals surface area contributed by atoms with Crippen molar-refractivity contribution in [2.75, 3.05) is 0 Å². The summed E-state index contributed by atoms with van der Waals surface area (Å²) in [6, 6.07) is 1.99. The van der Waals surface area contributed by atoms with Gasteiger partial charge in [-0.3, -0.25) is 0 Å². The van der Waals surface area contributed by atoms with Crippen LogP contribution in [0.1, 0.15) is 5.69 Å². The minimum atomic E-state index is 0.906. The van der Waals surface area contributed by atoms with Crippen LogP contribution in [0.4, 0.5) is 0 Å². The van der Waals surface area contributed by atoms with E-state index >= 15 is 0 Å². The molecular formula is C6H9N2+. The molecule has 2 nitrogen and oxygen atoms in total. The average Bonchev–Trinajstić information content (AvgIpc) is 2.19. The van der Waals surface area contributed by atoms with Crippen molar-refractivity contribution in [2.45, 2.75) is 6.42 Å². The zero-order valence-electron chi connectivity index (χ0n) is 4.65. The van der Waals surface area contributed by atoms with E-state index in [0.29, 0.717) is 0 Å². The summed E-state index contributed by atoms with van der Waals surface area (Å²) in [7, 11) is 0. The number of allylic oxidation sites excluding steroid dienone is 1. The molecule has 0 saturated carbocycles. The predicted molar refractivity (Wildman–Crippen MR) is 31.2 cm³/mol. The average molecular weight is 109 g/mol. The summed E-state index contributed by atoms with van der Waals surface area (Å²) in [4.78, 5) is 0. The van der Waals surface area contributed by atoms with Gasteiger partial charge in [-0.1, -0.05) is 6.08 Å². The normalized spacial score (nSPS) is 9.00. The van der Waals surface area contributed by atoms with Gasteiger partial charge < -0.3 is 0 Å². The molecule has 1 rings (SSSR count). The zero-order valence-corrected chi connectivity index (χ0v) is 4.65. The summed E-state index contributed by atoms with van der Waals surface area (Å²) in [6.45, 7) is 3.60. The number of hydrogen-bond donors (Lipinski definition) is 1. The molecule has 0 radical (unpaired) electrons. The van der Waals surface area contributed by atoms with Crippen molar-refractivity contribution in [3.05, 3.63) is 30.6 Å². The minimum absolute atomic E-state index is 0.906. The zero-order chi connectivity index (χ0) is 5.82. The molecule has 1 heterocycles. The number of rotatable bonds is 2. The van der Waals surface area contributed by atoms with Gasteiger partial charge in [-0.15, -0.1) is 11.7 Å². The second-order valence-electron chi connectivity index (χ2n) is 1.62. The number of aromatic nitrogens is 2. The molecule has 0 aliphatic carbocycles. The Balaban J connectivity index is 2.62. The van der Waals surface area contributed by atoms with Gasteiger partial charge in [-0.05, 0) is 0 Å². The van der Waals surface area contributed by atoms with Gasteiger partial charge in [-0.25, -0.2) is 0 Å². The van der Waals surface area contributed by atoms with Gasteiger partial charge >= 0.3 is 0 Å². The van der Waals surface area contributed by atoms with Crippen LogP contribution >= 0.6 is 0 Å². The molecule has 1 aromatic heterocycles. The molecule has 0 aromatic carbocycles. The lowest BCUT2D eigenvalue weighted by Crippen LogP contribution is -1.99. The quantitative estimate of drug-likeness (QED) is 0.538. The summed E-state index contributed by atoms with van der Waals surface area (Å²) in [5.41, 5.74) is 1.17. The maximum atomic E-state index is 3.60. The molecule has 2 heteroatoms. The molecule has 0 fully saturated rings. The molecule has 1 aromatic rings. The molecule has 0 unspecified atom stereocenters. The highest BCUT2D eigenvalue weighted by atomic mass is 15.1. The van der Waals surface area contributed by atoms with E-state index in [2.05, 4.69) is 16.8 Å². The van der Waals surface area contributed by atoms with E-state index < -0.39 is 0 Å². The van der Waals surface area contributed by atoms with Crippen LogP contribution in [0.25, 0.3) is 0 Å². The van der Waals surface area contributed by atoms with Crippen LogP contribution in [0, 0.1) is 0 Å². The summed E-state index contributed by atoms with van der Waals surface area (Å²) in [5, 5.41) is 5.78. The van der Waals surface area contributed by atoms with Gasteiger partial charge in [0.25, 0.3) is 0 Å². The Hall–Kier alpha value is -1.05. The standard InChI is InChI=1S/C6H8N2/c1-2-3-6-4-5-7-8-6/h2,4-5H,1,3H2,(H,7,8)/p+1. The van der Waals surface area contributed by atoms with Crippen molar-refractivity contribution in [3.8, 4) is 0 Å². The summed E-state index contributed by atoms with van der Waals surface area (Å²) < 4.78 is 0. The second kappa shape index (κ2) is 2.31. The van der Waals surface area contributed by atoms with Gasteiger partial charge in [0, 0.05) is 12.5 Å². The molecule has 42 valence electrons. The third-order valence-corrected chi connectivity index (χ3v) is 0.965. The molecule has 0 aliphatic heterocycles. The fourth-order valence-electron chi connectivity index (χ4n) is 0.593. The molecule has 0 amide bonds. The highest BCUT2D eigenvalue weighted by Gasteiger charge is 1.89. The molecule has 0 spiro atoms. The third kappa shape index (κ3) is 0.964. The van der Waals surface area contributed by atoms with Crippen LogP contribution in [0.5, 0.6) is 0 Å². The van der Waals surface area contributed by atoms with E-state index in [1.54, 1.807) is 0 Å². The Kier molecular flexibility index (Phi) is 1.47. The Morgan fingerprint density at radius 3 is 3.25 bits per heavy atom. The number of H-pyrrole nitrogens is 2. The van der Waals surface area contributed by atoms with E-state index in [4.69, 9.17) is 0 Å². The van der Waals surface area contributed by atoms with Crippen LogP contribution in [0.2, 0.25) is 0 Å². The maximum Gasteiger partial charge on any atom is 0.193 e. The molecule has 0 bridgehead atoms. The van der Waals surface area contributed by atoms with E-state index in [0.717, 1.165) is 6.42 Å². The van der Waals surface area contributed by atoms with E-state index in [1.807, 2.05) is 18.3 Å².